The number of rotatable bonds is 6. The van der Waals surface area contributed by atoms with E-state index in [1.54, 1.807) is 0 Å². The van der Waals surface area contributed by atoms with Crippen LogP contribution in [0, 0.1) is 0 Å². The van der Waals surface area contributed by atoms with Crippen LogP contribution >= 0.6 is 0 Å². The first-order valence-electron chi connectivity index (χ1n) is 21.6. The van der Waals surface area contributed by atoms with E-state index in [4.69, 9.17) is 23.8 Å². The Morgan fingerprint density at radius 3 is 1.91 bits per heavy atom. The second-order valence-corrected chi connectivity index (χ2v) is 16.3. The van der Waals surface area contributed by atoms with Gasteiger partial charge in [-0.2, -0.15) is 0 Å². The number of allylic oxidation sites excluding steroid dienone is 2. The molecule has 0 bridgehead atoms. The number of aromatic nitrogens is 4. The average molecular weight is 821 g/mol. The van der Waals surface area contributed by atoms with Crippen molar-refractivity contribution >= 4 is 66.4 Å². The van der Waals surface area contributed by atoms with Crippen molar-refractivity contribution in [2.75, 3.05) is 0 Å². The molecule has 0 spiro atoms. The lowest BCUT2D eigenvalue weighted by atomic mass is 9.96. The predicted octanol–water partition coefficient (Wildman–Crippen LogP) is 13.2. The highest BCUT2D eigenvalue weighted by molar-refractivity contribution is 6.14. The Hall–Kier alpha value is -8.61. The molecule has 0 saturated carbocycles. The van der Waals surface area contributed by atoms with Crippen LogP contribution in [0.4, 0.5) is 0 Å². The van der Waals surface area contributed by atoms with Gasteiger partial charge in [-0.15, -0.1) is 0 Å². The number of fused-ring (bicyclic) bond motifs is 9. The number of nitrogens with zero attached hydrogens (tertiary/aromatic N) is 4. The van der Waals surface area contributed by atoms with E-state index in [2.05, 4.69) is 150 Å². The predicted molar refractivity (Wildman–Crippen MR) is 259 cm³/mol. The molecule has 1 aliphatic rings. The van der Waals surface area contributed by atoms with Gasteiger partial charge in [-0.3, -0.25) is 0 Å². The summed E-state index contributed by atoms with van der Waals surface area (Å²) in [5.41, 5.74) is 13.9. The lowest BCUT2D eigenvalue weighted by molar-refractivity contribution is 0.571. The van der Waals surface area contributed by atoms with Crippen LogP contribution in [-0.4, -0.2) is 19.5 Å². The Kier molecular flexibility index (Phi) is 8.18. The Morgan fingerprint density at radius 2 is 1.05 bits per heavy atom. The van der Waals surface area contributed by atoms with Crippen molar-refractivity contribution in [3.8, 4) is 51.0 Å². The molecule has 6 heteroatoms. The van der Waals surface area contributed by atoms with Crippen LogP contribution in [0.3, 0.4) is 0 Å². The highest BCUT2D eigenvalue weighted by Crippen LogP contribution is 2.40. The van der Waals surface area contributed by atoms with Gasteiger partial charge in [0.25, 0.3) is 0 Å². The molecule has 13 rings (SSSR count). The lowest BCUT2D eigenvalue weighted by Gasteiger charge is -2.14. The average Bonchev–Trinajstić information content (AvgIpc) is 3.98. The normalized spacial score (nSPS) is 12.7. The van der Waals surface area contributed by atoms with E-state index in [0.717, 1.165) is 100 Å². The molecule has 4 heterocycles. The Balaban J connectivity index is 0.982. The fraction of sp³-hybridized carbons (Fsp3) is 0.0172. The van der Waals surface area contributed by atoms with Gasteiger partial charge in [0.05, 0.1) is 11.0 Å². The van der Waals surface area contributed by atoms with E-state index in [0.29, 0.717) is 17.5 Å². The molecule has 0 amide bonds. The number of hydrogen-bond donors (Lipinski definition) is 0. The largest absolute Gasteiger partial charge is 0.456 e. The molecule has 4 aromatic heterocycles. The standard InChI is InChI=1S/C58H36N4O2/c1-2-15-36(16-3-1)56-59-57(61-58(60-56)40-31-32-47-45-23-7-10-29-51(45)63-53(47)35-40)39-19-13-20-41(34-39)62-50-28-9-6-22-44(50)48-27-14-26-42(54(48)62)37-17-12-18-38(33-37)43-21-4-5-25-49-46-24-8-11-30-52(46)64-55(43)49/h1-20,22-35H,21H2. The minimum Gasteiger partial charge on any atom is -0.456 e. The minimum atomic E-state index is 0.574. The summed E-state index contributed by atoms with van der Waals surface area (Å²) in [6, 6.07) is 65.5. The molecule has 0 fully saturated rings. The molecule has 0 saturated heterocycles. The van der Waals surface area contributed by atoms with E-state index in [1.165, 1.54) is 16.3 Å². The summed E-state index contributed by atoms with van der Waals surface area (Å²) in [6.07, 6.45) is 7.30. The van der Waals surface area contributed by atoms with Crippen LogP contribution in [-0.2, 0) is 0 Å². The van der Waals surface area contributed by atoms with Crippen LogP contribution in [0.1, 0.15) is 12.0 Å². The van der Waals surface area contributed by atoms with Crippen molar-refractivity contribution in [1.82, 2.24) is 19.5 Å². The number of hydrogen-bond acceptors (Lipinski definition) is 5. The minimum absolute atomic E-state index is 0.574. The summed E-state index contributed by atoms with van der Waals surface area (Å²) < 4.78 is 15.3. The van der Waals surface area contributed by atoms with E-state index in [1.807, 2.05) is 60.7 Å². The van der Waals surface area contributed by atoms with Gasteiger partial charge in [0.2, 0.25) is 0 Å². The zero-order valence-electron chi connectivity index (χ0n) is 34.4. The molecule has 300 valence electrons. The smallest absolute Gasteiger partial charge is 0.164 e. The van der Waals surface area contributed by atoms with Gasteiger partial charge in [0.15, 0.2) is 17.5 Å². The molecule has 64 heavy (non-hydrogen) atoms. The molecule has 1 aliphatic carbocycles. The molecule has 0 radical (unpaired) electrons. The molecule has 8 aromatic carbocycles. The van der Waals surface area contributed by atoms with Gasteiger partial charge < -0.3 is 13.4 Å². The van der Waals surface area contributed by atoms with Crippen molar-refractivity contribution in [2.45, 2.75) is 6.42 Å². The molecular weight excluding hydrogens is 785 g/mol. The van der Waals surface area contributed by atoms with Crippen molar-refractivity contribution < 1.29 is 8.83 Å². The lowest BCUT2D eigenvalue weighted by Crippen LogP contribution is -2.22. The summed E-state index contributed by atoms with van der Waals surface area (Å²) >= 11 is 0. The van der Waals surface area contributed by atoms with Gasteiger partial charge in [0, 0.05) is 65.7 Å². The second-order valence-electron chi connectivity index (χ2n) is 16.3. The third-order valence-corrected chi connectivity index (χ3v) is 12.5. The van der Waals surface area contributed by atoms with E-state index >= 15 is 0 Å². The van der Waals surface area contributed by atoms with Crippen molar-refractivity contribution in [3.63, 3.8) is 0 Å². The quantitative estimate of drug-likeness (QED) is 0.167. The monoisotopic (exact) mass is 820 g/mol. The number of para-hydroxylation sites is 4. The topological polar surface area (TPSA) is 69.9 Å². The van der Waals surface area contributed by atoms with Crippen molar-refractivity contribution in [3.05, 3.63) is 216 Å². The van der Waals surface area contributed by atoms with Gasteiger partial charge in [-0.1, -0.05) is 158 Å². The third kappa shape index (κ3) is 5.84. The maximum absolute atomic E-state index is 6.58. The summed E-state index contributed by atoms with van der Waals surface area (Å²) in [5.74, 6) is 1.76. The first-order valence-corrected chi connectivity index (χ1v) is 21.6. The summed E-state index contributed by atoms with van der Waals surface area (Å²) in [5, 5.41) is 6.75. The molecule has 6 nitrogen and oxygen atoms in total. The van der Waals surface area contributed by atoms with Crippen LogP contribution in [0.25, 0.3) is 117 Å². The molecule has 0 unspecified atom stereocenters. The van der Waals surface area contributed by atoms with Crippen LogP contribution in [0.5, 0.6) is 0 Å². The van der Waals surface area contributed by atoms with E-state index < -0.39 is 0 Å². The maximum Gasteiger partial charge on any atom is 0.164 e. The van der Waals surface area contributed by atoms with Gasteiger partial charge in [0.1, 0.15) is 22.2 Å². The zero-order valence-corrected chi connectivity index (χ0v) is 34.4. The van der Waals surface area contributed by atoms with Crippen molar-refractivity contribution in [1.29, 1.82) is 0 Å². The van der Waals surface area contributed by atoms with E-state index in [-0.39, 0.29) is 0 Å². The SMILES string of the molecule is C1=CCC(c2cccc(-c3cccc4c5ccccc5n(-c5cccc(-c6nc(-c7ccccc7)nc(-c7ccc8c(c7)oc7ccccc78)n6)c5)c34)c2)=c2oc3ccccc3c2=C1. The van der Waals surface area contributed by atoms with E-state index in [9.17, 15) is 0 Å². The Morgan fingerprint density at radius 1 is 0.422 bits per heavy atom. The second kappa shape index (κ2) is 14.5. The first kappa shape index (κ1) is 36.1. The molecule has 0 N–H and O–H groups in total. The summed E-state index contributed by atoms with van der Waals surface area (Å²) in [6.45, 7) is 0. The fourth-order valence-electron chi connectivity index (χ4n) is 9.54. The fourth-order valence-corrected chi connectivity index (χ4v) is 9.54. The highest BCUT2D eigenvalue weighted by Gasteiger charge is 2.20. The third-order valence-electron chi connectivity index (χ3n) is 12.5. The molecule has 0 atom stereocenters. The van der Waals surface area contributed by atoms with Gasteiger partial charge in [-0.05, 0) is 66.1 Å². The molecular formula is C58H36N4O2. The number of furan rings is 2. The van der Waals surface area contributed by atoms with Crippen molar-refractivity contribution in [2.24, 2.45) is 0 Å². The summed E-state index contributed by atoms with van der Waals surface area (Å²) in [7, 11) is 0. The molecule has 12 aromatic rings. The van der Waals surface area contributed by atoms with Crippen LogP contribution in [0.2, 0.25) is 0 Å². The van der Waals surface area contributed by atoms with Crippen LogP contribution in [0.15, 0.2) is 209 Å². The van der Waals surface area contributed by atoms with Gasteiger partial charge >= 0.3 is 0 Å². The highest BCUT2D eigenvalue weighted by atomic mass is 16.3. The Bertz CT molecular complexity index is 4000. The molecule has 0 aliphatic heterocycles. The van der Waals surface area contributed by atoms with Gasteiger partial charge in [-0.25, -0.2) is 15.0 Å². The number of benzene rings is 8. The Labute approximate surface area is 367 Å². The maximum atomic E-state index is 6.58. The summed E-state index contributed by atoms with van der Waals surface area (Å²) in [4.78, 5) is 15.3. The van der Waals surface area contributed by atoms with Crippen LogP contribution < -0.4 is 10.6 Å². The first-order chi connectivity index (χ1) is 31.7. The zero-order chi connectivity index (χ0) is 42.1.